The van der Waals surface area contributed by atoms with Gasteiger partial charge in [0.25, 0.3) is 5.91 Å². The topological polar surface area (TPSA) is 76.4 Å². The van der Waals surface area contributed by atoms with E-state index in [4.69, 9.17) is 10.6 Å². The third-order valence-corrected chi connectivity index (χ3v) is 3.45. The van der Waals surface area contributed by atoms with Crippen molar-refractivity contribution in [3.8, 4) is 0 Å². The van der Waals surface area contributed by atoms with E-state index in [-0.39, 0.29) is 17.7 Å². The van der Waals surface area contributed by atoms with Gasteiger partial charge in [-0.3, -0.25) is 10.6 Å². The maximum Gasteiger partial charge on any atom is 0.418 e. The number of anilines is 1. The van der Waals surface area contributed by atoms with Gasteiger partial charge in [0.1, 0.15) is 0 Å². The van der Waals surface area contributed by atoms with Crippen molar-refractivity contribution in [3.05, 3.63) is 29.3 Å². The van der Waals surface area contributed by atoms with E-state index in [9.17, 15) is 18.0 Å². The fraction of sp³-hybridized carbons (Fsp3) is 0.462. The van der Waals surface area contributed by atoms with Gasteiger partial charge in [0.15, 0.2) is 0 Å². The summed E-state index contributed by atoms with van der Waals surface area (Å²) in [6, 6.07) is 3.11. The van der Waals surface area contributed by atoms with Gasteiger partial charge < -0.3 is 15.5 Å². The smallest absolute Gasteiger partial charge is 0.376 e. The zero-order valence-corrected chi connectivity index (χ0v) is 11.3. The number of carbonyl (C=O) groups is 1. The van der Waals surface area contributed by atoms with E-state index in [1.165, 1.54) is 12.1 Å². The van der Waals surface area contributed by atoms with Crippen LogP contribution in [0, 0.1) is 0 Å². The van der Waals surface area contributed by atoms with Crippen LogP contribution in [0.4, 0.5) is 18.9 Å². The average Bonchev–Trinajstić information content (AvgIpc) is 2.82. The number of halogens is 3. The highest BCUT2D eigenvalue weighted by Crippen LogP contribution is 2.36. The summed E-state index contributed by atoms with van der Waals surface area (Å²) < 4.78 is 44.0. The van der Waals surface area contributed by atoms with E-state index in [0.29, 0.717) is 13.0 Å². The van der Waals surface area contributed by atoms with Crippen LogP contribution >= 0.6 is 0 Å². The number of hydrazine groups is 1. The van der Waals surface area contributed by atoms with Crippen molar-refractivity contribution in [1.29, 1.82) is 0 Å². The van der Waals surface area contributed by atoms with Crippen molar-refractivity contribution in [2.24, 2.45) is 5.84 Å². The standard InChI is InChI=1S/C13H16F3N3O2/c1-7-10(5-6-21-7)18-12(20)8-3-2-4-9(11(8)19-17)13(14,15)16/h2-4,7,10,19H,5-6,17H2,1H3,(H,18,20). The van der Waals surface area contributed by atoms with Crippen LogP contribution in [-0.4, -0.2) is 24.7 Å². The predicted molar refractivity (Wildman–Crippen MR) is 70.5 cm³/mol. The van der Waals surface area contributed by atoms with Gasteiger partial charge in [-0.25, -0.2) is 0 Å². The molecule has 1 aliphatic rings. The van der Waals surface area contributed by atoms with Crippen LogP contribution in [0.2, 0.25) is 0 Å². The number of benzene rings is 1. The minimum atomic E-state index is -4.60. The quantitative estimate of drug-likeness (QED) is 0.589. The third-order valence-electron chi connectivity index (χ3n) is 3.45. The second-order valence-corrected chi connectivity index (χ2v) is 4.81. The molecule has 8 heteroatoms. The summed E-state index contributed by atoms with van der Waals surface area (Å²) in [4.78, 5) is 12.2. The number of para-hydroxylation sites is 1. The third kappa shape index (κ3) is 3.27. The molecule has 0 aromatic heterocycles. The van der Waals surface area contributed by atoms with Gasteiger partial charge in [0.05, 0.1) is 29.0 Å². The summed E-state index contributed by atoms with van der Waals surface area (Å²) in [6.07, 6.45) is -4.15. The van der Waals surface area contributed by atoms with Crippen molar-refractivity contribution in [2.45, 2.75) is 31.7 Å². The number of rotatable bonds is 3. The lowest BCUT2D eigenvalue weighted by Gasteiger charge is -2.19. The number of ether oxygens (including phenoxy) is 1. The molecule has 1 amide bonds. The molecule has 4 N–H and O–H groups in total. The van der Waals surface area contributed by atoms with E-state index >= 15 is 0 Å². The number of carbonyl (C=O) groups excluding carboxylic acids is 1. The maximum absolute atomic E-state index is 12.9. The van der Waals surface area contributed by atoms with Crippen LogP contribution in [0.5, 0.6) is 0 Å². The van der Waals surface area contributed by atoms with Crippen molar-refractivity contribution >= 4 is 11.6 Å². The number of hydrogen-bond donors (Lipinski definition) is 3. The average molecular weight is 303 g/mol. The molecule has 1 aromatic rings. The molecule has 0 spiro atoms. The Morgan fingerprint density at radius 1 is 1.43 bits per heavy atom. The van der Waals surface area contributed by atoms with Crippen LogP contribution in [0.3, 0.4) is 0 Å². The summed E-state index contributed by atoms with van der Waals surface area (Å²) >= 11 is 0. The number of nitrogens with two attached hydrogens (primary N) is 1. The highest BCUT2D eigenvalue weighted by Gasteiger charge is 2.35. The molecule has 1 fully saturated rings. The van der Waals surface area contributed by atoms with Crippen molar-refractivity contribution in [3.63, 3.8) is 0 Å². The molecule has 1 heterocycles. The molecule has 1 saturated heterocycles. The molecule has 0 radical (unpaired) electrons. The molecule has 2 atom stereocenters. The number of nitrogen functional groups attached to an aromatic ring is 1. The Labute approximate surface area is 119 Å². The number of hydrogen-bond acceptors (Lipinski definition) is 4. The zero-order valence-electron chi connectivity index (χ0n) is 11.3. The Hall–Kier alpha value is -1.80. The first-order chi connectivity index (χ1) is 9.84. The molecule has 0 bridgehead atoms. The predicted octanol–water partition coefficient (Wildman–Crippen LogP) is 1.90. The largest absolute Gasteiger partial charge is 0.418 e. The lowest BCUT2D eigenvalue weighted by molar-refractivity contribution is -0.137. The normalized spacial score (nSPS) is 22.1. The minimum absolute atomic E-state index is 0.147. The Morgan fingerprint density at radius 2 is 2.14 bits per heavy atom. The van der Waals surface area contributed by atoms with Gasteiger partial charge in [-0.1, -0.05) is 6.07 Å². The van der Waals surface area contributed by atoms with E-state index < -0.39 is 23.3 Å². The van der Waals surface area contributed by atoms with Gasteiger partial charge in [-0.2, -0.15) is 13.2 Å². The van der Waals surface area contributed by atoms with Crippen LogP contribution in [0.15, 0.2) is 18.2 Å². The number of alkyl halides is 3. The zero-order chi connectivity index (χ0) is 15.6. The first kappa shape index (κ1) is 15.6. The fourth-order valence-corrected chi connectivity index (χ4v) is 2.30. The molecule has 2 rings (SSSR count). The lowest BCUT2D eigenvalue weighted by Crippen LogP contribution is -2.39. The van der Waals surface area contributed by atoms with Crippen molar-refractivity contribution < 1.29 is 22.7 Å². The summed E-state index contributed by atoms with van der Waals surface area (Å²) in [5, 5.41) is 2.67. The summed E-state index contributed by atoms with van der Waals surface area (Å²) in [5.41, 5.74) is 0.414. The first-order valence-corrected chi connectivity index (χ1v) is 6.44. The van der Waals surface area contributed by atoms with Gasteiger partial charge in [-0.05, 0) is 25.5 Å². The molecular weight excluding hydrogens is 287 g/mol. The molecule has 5 nitrogen and oxygen atoms in total. The molecule has 116 valence electrons. The number of amides is 1. The summed E-state index contributed by atoms with van der Waals surface area (Å²) in [6.45, 7) is 2.31. The molecule has 0 saturated carbocycles. The molecule has 0 aliphatic carbocycles. The highest BCUT2D eigenvalue weighted by atomic mass is 19.4. The van der Waals surface area contributed by atoms with Crippen LogP contribution < -0.4 is 16.6 Å². The maximum atomic E-state index is 12.9. The number of nitrogens with one attached hydrogen (secondary N) is 2. The highest BCUT2D eigenvalue weighted by molar-refractivity contribution is 6.00. The van der Waals surface area contributed by atoms with E-state index in [1.54, 1.807) is 6.92 Å². The Kier molecular flexibility index (Phi) is 4.38. The van der Waals surface area contributed by atoms with E-state index in [1.807, 2.05) is 5.43 Å². The molecule has 1 aromatic carbocycles. The minimum Gasteiger partial charge on any atom is -0.376 e. The molecule has 2 unspecified atom stereocenters. The SMILES string of the molecule is CC1OCCC1NC(=O)c1cccc(C(F)(F)F)c1NN. The molecular formula is C13H16F3N3O2. The summed E-state index contributed by atoms with van der Waals surface area (Å²) in [7, 11) is 0. The molecule has 21 heavy (non-hydrogen) atoms. The lowest BCUT2D eigenvalue weighted by atomic mass is 10.0. The van der Waals surface area contributed by atoms with Gasteiger partial charge in [0, 0.05) is 6.61 Å². The van der Waals surface area contributed by atoms with Crippen LogP contribution in [0.25, 0.3) is 0 Å². The Morgan fingerprint density at radius 3 is 2.67 bits per heavy atom. The molecule has 1 aliphatic heterocycles. The second-order valence-electron chi connectivity index (χ2n) is 4.81. The van der Waals surface area contributed by atoms with Gasteiger partial charge in [-0.15, -0.1) is 0 Å². The van der Waals surface area contributed by atoms with Gasteiger partial charge in [0.2, 0.25) is 0 Å². The van der Waals surface area contributed by atoms with Crippen molar-refractivity contribution in [2.75, 3.05) is 12.0 Å². The van der Waals surface area contributed by atoms with Crippen LogP contribution in [0.1, 0.15) is 29.3 Å². The monoisotopic (exact) mass is 303 g/mol. The van der Waals surface area contributed by atoms with E-state index in [0.717, 1.165) is 6.07 Å². The van der Waals surface area contributed by atoms with Gasteiger partial charge >= 0.3 is 6.18 Å². The van der Waals surface area contributed by atoms with Crippen LogP contribution in [-0.2, 0) is 10.9 Å². The fourth-order valence-electron chi connectivity index (χ4n) is 2.30. The first-order valence-electron chi connectivity index (χ1n) is 6.44. The van der Waals surface area contributed by atoms with E-state index in [2.05, 4.69) is 5.32 Å². The Bertz CT molecular complexity index is 534. The van der Waals surface area contributed by atoms with Crippen molar-refractivity contribution in [1.82, 2.24) is 5.32 Å². The second kappa shape index (κ2) is 5.90. The summed E-state index contributed by atoms with van der Waals surface area (Å²) in [5.74, 6) is 4.55. The Balaban J connectivity index is 2.28.